The molecule has 0 saturated heterocycles. The molecule has 0 unspecified atom stereocenters. The van der Waals surface area contributed by atoms with Crippen LogP contribution < -0.4 is 0 Å². The van der Waals surface area contributed by atoms with Gasteiger partial charge in [-0.15, -0.1) is 5.10 Å². The Morgan fingerprint density at radius 2 is 1.75 bits per heavy atom. The van der Waals surface area contributed by atoms with Crippen molar-refractivity contribution < 1.29 is 0 Å². The summed E-state index contributed by atoms with van der Waals surface area (Å²) in [4.78, 5) is 4.88. The topological polar surface area (TPSA) is 85.2 Å². The van der Waals surface area contributed by atoms with Crippen molar-refractivity contribution in [2.24, 2.45) is 5.92 Å². The van der Waals surface area contributed by atoms with Crippen molar-refractivity contribution >= 4 is 0 Å². The summed E-state index contributed by atoms with van der Waals surface area (Å²) < 4.78 is 2.12. The lowest BCUT2D eigenvalue weighted by Crippen LogP contribution is -2.07. The number of tetrazole rings is 1. The average Bonchev–Trinajstić information content (AvgIpc) is 3.45. The third kappa shape index (κ3) is 5.28. The van der Waals surface area contributed by atoms with Gasteiger partial charge in [0.15, 0.2) is 11.6 Å². The predicted octanol–water partition coefficient (Wildman–Crippen LogP) is 5.10. The van der Waals surface area contributed by atoms with Crippen molar-refractivity contribution in [1.82, 2.24) is 35.4 Å². The highest BCUT2D eigenvalue weighted by Crippen LogP contribution is 2.30. The summed E-state index contributed by atoms with van der Waals surface area (Å²) in [6, 6.07) is 16.8. The lowest BCUT2D eigenvalue weighted by atomic mass is 9.98. The standard InChI is InChI=1S/C25H31N7/c1-4-5-8-15-32-24(26-23(29-32)16-18(2)3)17-19-11-13-20(14-12-19)21-9-6-7-10-22(21)25-27-30-31-28-25/h6-7,9-14,18H,4-5,8,15-17H2,1-3H3,(H,27,28,30,31). The lowest BCUT2D eigenvalue weighted by molar-refractivity contribution is 0.526. The zero-order valence-corrected chi connectivity index (χ0v) is 19.1. The fourth-order valence-corrected chi connectivity index (χ4v) is 3.90. The van der Waals surface area contributed by atoms with Crippen LogP contribution >= 0.6 is 0 Å². The van der Waals surface area contributed by atoms with E-state index in [2.05, 4.69) is 76.4 Å². The highest BCUT2D eigenvalue weighted by Gasteiger charge is 2.13. The van der Waals surface area contributed by atoms with Gasteiger partial charge in [-0.05, 0) is 39.5 Å². The maximum absolute atomic E-state index is 4.88. The van der Waals surface area contributed by atoms with Crippen LogP contribution in [0, 0.1) is 5.92 Å². The van der Waals surface area contributed by atoms with Crippen molar-refractivity contribution in [2.45, 2.75) is 59.4 Å². The number of hydrogen-bond donors (Lipinski definition) is 1. The fraction of sp³-hybridized carbons (Fsp3) is 0.400. The van der Waals surface area contributed by atoms with Crippen LogP contribution in [0.1, 0.15) is 57.2 Å². The number of aryl methyl sites for hydroxylation is 1. The maximum atomic E-state index is 4.88. The Kier molecular flexibility index (Phi) is 7.04. The van der Waals surface area contributed by atoms with E-state index < -0.39 is 0 Å². The van der Waals surface area contributed by atoms with E-state index in [4.69, 9.17) is 10.1 Å². The van der Waals surface area contributed by atoms with Gasteiger partial charge in [0.2, 0.25) is 0 Å². The third-order valence-corrected chi connectivity index (χ3v) is 5.51. The molecule has 2 heterocycles. The Morgan fingerprint density at radius 3 is 2.44 bits per heavy atom. The molecule has 0 spiro atoms. The molecule has 0 saturated carbocycles. The van der Waals surface area contributed by atoms with Gasteiger partial charge >= 0.3 is 0 Å². The van der Waals surface area contributed by atoms with E-state index in [-0.39, 0.29) is 0 Å². The van der Waals surface area contributed by atoms with Crippen LogP contribution in [-0.2, 0) is 19.4 Å². The second-order valence-corrected chi connectivity index (χ2v) is 8.64. The zero-order chi connectivity index (χ0) is 22.3. The van der Waals surface area contributed by atoms with Crippen LogP contribution in [0.15, 0.2) is 48.5 Å². The van der Waals surface area contributed by atoms with Crippen LogP contribution in [0.5, 0.6) is 0 Å². The summed E-state index contributed by atoms with van der Waals surface area (Å²) in [6.45, 7) is 7.59. The molecular weight excluding hydrogens is 398 g/mol. The molecule has 0 aliphatic carbocycles. The smallest absolute Gasteiger partial charge is 0.180 e. The molecule has 4 aromatic rings. The molecule has 166 valence electrons. The molecule has 0 aliphatic rings. The van der Waals surface area contributed by atoms with E-state index in [0.29, 0.717) is 11.7 Å². The first-order valence-electron chi connectivity index (χ1n) is 11.5. The number of nitrogens with zero attached hydrogens (tertiary/aromatic N) is 6. The van der Waals surface area contributed by atoms with Crippen LogP contribution in [0.25, 0.3) is 22.5 Å². The number of H-pyrrole nitrogens is 1. The predicted molar refractivity (Wildman–Crippen MR) is 126 cm³/mol. The van der Waals surface area contributed by atoms with E-state index in [0.717, 1.165) is 54.1 Å². The van der Waals surface area contributed by atoms with Gasteiger partial charge in [0.05, 0.1) is 0 Å². The Balaban J connectivity index is 1.55. The first-order valence-corrected chi connectivity index (χ1v) is 11.5. The van der Waals surface area contributed by atoms with Gasteiger partial charge in [0.1, 0.15) is 5.82 Å². The van der Waals surface area contributed by atoms with Crippen molar-refractivity contribution in [3.8, 4) is 22.5 Å². The molecule has 4 rings (SSSR count). The molecule has 0 atom stereocenters. The molecular formula is C25H31N7. The summed E-state index contributed by atoms with van der Waals surface area (Å²) >= 11 is 0. The van der Waals surface area contributed by atoms with E-state index in [9.17, 15) is 0 Å². The molecule has 2 aromatic carbocycles. The number of hydrogen-bond acceptors (Lipinski definition) is 5. The summed E-state index contributed by atoms with van der Waals surface area (Å²) in [6.07, 6.45) is 5.26. The number of aromatic amines is 1. The summed E-state index contributed by atoms with van der Waals surface area (Å²) in [5.41, 5.74) is 4.44. The van der Waals surface area contributed by atoms with Crippen LogP contribution in [0.4, 0.5) is 0 Å². The highest BCUT2D eigenvalue weighted by molar-refractivity contribution is 5.80. The molecule has 2 aromatic heterocycles. The SMILES string of the molecule is CCCCCn1nc(CC(C)C)nc1Cc1ccc(-c2ccccc2-c2nnn[nH]2)cc1. The third-order valence-electron chi connectivity index (χ3n) is 5.51. The number of nitrogens with one attached hydrogen (secondary N) is 1. The summed E-state index contributed by atoms with van der Waals surface area (Å²) in [5, 5.41) is 19.2. The fourth-order valence-electron chi connectivity index (χ4n) is 3.90. The second-order valence-electron chi connectivity index (χ2n) is 8.64. The van der Waals surface area contributed by atoms with E-state index in [1.807, 2.05) is 18.2 Å². The first kappa shape index (κ1) is 21.9. The monoisotopic (exact) mass is 429 g/mol. The molecule has 0 bridgehead atoms. The summed E-state index contributed by atoms with van der Waals surface area (Å²) in [5.74, 6) is 3.23. The van der Waals surface area contributed by atoms with Crippen molar-refractivity contribution in [3.63, 3.8) is 0 Å². The Morgan fingerprint density at radius 1 is 0.969 bits per heavy atom. The molecule has 32 heavy (non-hydrogen) atoms. The van der Waals surface area contributed by atoms with E-state index >= 15 is 0 Å². The maximum Gasteiger partial charge on any atom is 0.180 e. The molecule has 1 N–H and O–H groups in total. The van der Waals surface area contributed by atoms with E-state index in [1.165, 1.54) is 18.4 Å². The van der Waals surface area contributed by atoms with Gasteiger partial charge < -0.3 is 0 Å². The minimum atomic E-state index is 0.549. The average molecular weight is 430 g/mol. The van der Waals surface area contributed by atoms with Gasteiger partial charge in [0, 0.05) is 24.9 Å². The molecule has 0 aliphatic heterocycles. The Labute approximate surface area is 189 Å². The van der Waals surface area contributed by atoms with Crippen molar-refractivity contribution in [1.29, 1.82) is 0 Å². The quantitative estimate of drug-likeness (QED) is 0.354. The van der Waals surface area contributed by atoms with Crippen LogP contribution in [-0.4, -0.2) is 35.4 Å². The van der Waals surface area contributed by atoms with Crippen molar-refractivity contribution in [2.75, 3.05) is 0 Å². The summed E-state index contributed by atoms with van der Waals surface area (Å²) in [7, 11) is 0. The first-order chi connectivity index (χ1) is 15.6. The largest absolute Gasteiger partial charge is 0.249 e. The van der Waals surface area contributed by atoms with Crippen LogP contribution in [0.3, 0.4) is 0 Å². The molecule has 0 radical (unpaired) electrons. The zero-order valence-electron chi connectivity index (χ0n) is 19.1. The second kappa shape index (κ2) is 10.3. The Bertz CT molecular complexity index is 1110. The molecule has 0 fully saturated rings. The molecule has 7 nitrogen and oxygen atoms in total. The minimum absolute atomic E-state index is 0.549. The van der Waals surface area contributed by atoms with Crippen molar-refractivity contribution in [3.05, 3.63) is 65.7 Å². The number of unbranched alkanes of at least 4 members (excludes halogenated alkanes) is 2. The molecule has 7 heteroatoms. The van der Waals surface area contributed by atoms with Gasteiger partial charge in [0.25, 0.3) is 0 Å². The molecule has 0 amide bonds. The van der Waals surface area contributed by atoms with Gasteiger partial charge in [-0.2, -0.15) is 5.10 Å². The van der Waals surface area contributed by atoms with E-state index in [1.54, 1.807) is 0 Å². The van der Waals surface area contributed by atoms with Gasteiger partial charge in [-0.1, -0.05) is 82.1 Å². The van der Waals surface area contributed by atoms with Gasteiger partial charge in [-0.25, -0.2) is 14.8 Å². The normalized spacial score (nSPS) is 11.4. The van der Waals surface area contributed by atoms with Crippen LogP contribution in [0.2, 0.25) is 0 Å². The number of benzene rings is 2. The Hall–Kier alpha value is -3.35. The number of rotatable bonds is 10. The highest BCUT2D eigenvalue weighted by atomic mass is 15.5. The lowest BCUT2D eigenvalue weighted by Gasteiger charge is -2.09. The van der Waals surface area contributed by atoms with Gasteiger partial charge in [-0.3, -0.25) is 0 Å². The number of aromatic nitrogens is 7. The minimum Gasteiger partial charge on any atom is -0.249 e.